The number of methoxy groups -OCH3 is 1. The van der Waals surface area contributed by atoms with Crippen LogP contribution in [0.25, 0.3) is 10.9 Å². The van der Waals surface area contributed by atoms with Crippen molar-refractivity contribution in [2.45, 2.75) is 19.8 Å². The van der Waals surface area contributed by atoms with Crippen LogP contribution in [0.2, 0.25) is 0 Å². The lowest BCUT2D eigenvalue weighted by molar-refractivity contribution is 0.0603. The maximum atomic E-state index is 11.7. The minimum atomic E-state index is -0.321. The largest absolute Gasteiger partial charge is 0.465 e. The minimum Gasteiger partial charge on any atom is -0.465 e. The Bertz CT molecular complexity index is 561. The summed E-state index contributed by atoms with van der Waals surface area (Å²) < 4.78 is 4.78. The Hall–Kier alpha value is -1.90. The average molecular weight is 229 g/mol. The van der Waals surface area contributed by atoms with Gasteiger partial charge in [0.1, 0.15) is 0 Å². The molecule has 88 valence electrons. The Labute approximate surface area is 100 Å². The molecule has 0 fully saturated rings. The van der Waals surface area contributed by atoms with Crippen molar-refractivity contribution in [3.63, 3.8) is 0 Å². The number of hydrogen-bond acceptors (Lipinski definition) is 3. The lowest BCUT2D eigenvalue weighted by Gasteiger charge is -2.10. The number of fused-ring (bicyclic) bond motifs is 1. The van der Waals surface area contributed by atoms with Crippen LogP contribution >= 0.6 is 0 Å². The molecule has 1 heterocycles. The highest BCUT2D eigenvalue weighted by Gasteiger charge is 2.13. The van der Waals surface area contributed by atoms with Crippen LogP contribution in [0.1, 0.15) is 35.7 Å². The Morgan fingerprint density at radius 2 is 2.06 bits per heavy atom. The van der Waals surface area contributed by atoms with Crippen molar-refractivity contribution < 1.29 is 9.53 Å². The number of nitrogens with zero attached hydrogens (tertiary/aromatic N) is 1. The van der Waals surface area contributed by atoms with Crippen LogP contribution in [-0.2, 0) is 4.74 Å². The fourth-order valence-electron chi connectivity index (χ4n) is 1.95. The highest BCUT2D eigenvalue weighted by Crippen LogP contribution is 2.25. The predicted octanol–water partition coefficient (Wildman–Crippen LogP) is 3.14. The van der Waals surface area contributed by atoms with E-state index in [4.69, 9.17) is 4.74 Å². The smallest absolute Gasteiger partial charge is 0.338 e. The van der Waals surface area contributed by atoms with Gasteiger partial charge in [0.05, 0.1) is 18.2 Å². The zero-order chi connectivity index (χ0) is 12.4. The van der Waals surface area contributed by atoms with Gasteiger partial charge in [-0.25, -0.2) is 4.79 Å². The van der Waals surface area contributed by atoms with Gasteiger partial charge in [0.15, 0.2) is 0 Å². The molecule has 0 aliphatic heterocycles. The van der Waals surface area contributed by atoms with E-state index in [1.165, 1.54) is 7.11 Å². The summed E-state index contributed by atoms with van der Waals surface area (Å²) in [5.74, 6) is 0.0532. The van der Waals surface area contributed by atoms with Crippen LogP contribution in [0.5, 0.6) is 0 Å². The maximum Gasteiger partial charge on any atom is 0.338 e. The van der Waals surface area contributed by atoms with Crippen molar-refractivity contribution in [1.29, 1.82) is 0 Å². The highest BCUT2D eigenvalue weighted by molar-refractivity contribution is 6.03. The number of carbonyl (C=O) groups excluding carboxylic acids is 1. The van der Waals surface area contributed by atoms with E-state index in [0.717, 1.165) is 16.5 Å². The van der Waals surface area contributed by atoms with Gasteiger partial charge in [-0.15, -0.1) is 0 Å². The van der Waals surface area contributed by atoms with Gasteiger partial charge in [-0.2, -0.15) is 0 Å². The van der Waals surface area contributed by atoms with Crippen LogP contribution in [0.15, 0.2) is 30.5 Å². The van der Waals surface area contributed by atoms with Gasteiger partial charge in [-0.05, 0) is 17.5 Å². The van der Waals surface area contributed by atoms with E-state index in [1.807, 2.05) is 18.2 Å². The molecule has 0 spiro atoms. The van der Waals surface area contributed by atoms with Crippen LogP contribution in [0.3, 0.4) is 0 Å². The molecule has 0 unspecified atom stereocenters. The molecule has 0 saturated carbocycles. The first-order chi connectivity index (χ1) is 8.15. The van der Waals surface area contributed by atoms with Gasteiger partial charge in [0, 0.05) is 11.6 Å². The van der Waals surface area contributed by atoms with E-state index in [2.05, 4.69) is 18.8 Å². The maximum absolute atomic E-state index is 11.7. The number of rotatable bonds is 2. The fourth-order valence-corrected chi connectivity index (χ4v) is 1.95. The first-order valence-electron chi connectivity index (χ1n) is 5.61. The van der Waals surface area contributed by atoms with Gasteiger partial charge in [0.25, 0.3) is 0 Å². The summed E-state index contributed by atoms with van der Waals surface area (Å²) in [7, 11) is 1.39. The van der Waals surface area contributed by atoms with Crippen molar-refractivity contribution in [2.75, 3.05) is 7.11 Å². The molecule has 2 aromatic rings. The summed E-state index contributed by atoms with van der Waals surface area (Å²) in [6.45, 7) is 4.22. The molecule has 1 aromatic carbocycles. The molecular formula is C14H15NO2. The number of ether oxygens (including phenoxy) is 1. The predicted molar refractivity (Wildman–Crippen MR) is 67.2 cm³/mol. The molecule has 0 amide bonds. The molecule has 0 aliphatic carbocycles. The summed E-state index contributed by atoms with van der Waals surface area (Å²) in [4.78, 5) is 16.0. The summed E-state index contributed by atoms with van der Waals surface area (Å²) in [6.07, 6.45) is 1.65. The number of esters is 1. The third-order valence-corrected chi connectivity index (χ3v) is 2.83. The summed E-state index contributed by atoms with van der Waals surface area (Å²) in [5, 5.41) is 0.852. The number of pyridine rings is 1. The average Bonchev–Trinajstić information content (AvgIpc) is 2.36. The van der Waals surface area contributed by atoms with E-state index >= 15 is 0 Å². The minimum absolute atomic E-state index is 0.321. The fraction of sp³-hybridized carbons (Fsp3) is 0.286. The molecule has 3 nitrogen and oxygen atoms in total. The molecule has 0 saturated heterocycles. The molecule has 1 aromatic heterocycles. The summed E-state index contributed by atoms with van der Waals surface area (Å²) in [5.41, 5.74) is 2.60. The number of carbonyl (C=O) groups is 1. The molecule has 17 heavy (non-hydrogen) atoms. The molecule has 0 bridgehead atoms. The van der Waals surface area contributed by atoms with Crippen LogP contribution in [0.4, 0.5) is 0 Å². The molecular weight excluding hydrogens is 214 g/mol. The quantitative estimate of drug-likeness (QED) is 0.742. The van der Waals surface area contributed by atoms with Crippen LogP contribution in [0, 0.1) is 0 Å². The Morgan fingerprint density at radius 1 is 1.29 bits per heavy atom. The standard InChI is InChI=1S/C14H15NO2/c1-9(2)10-5-4-6-11-12(14(16)17-3)7-8-15-13(10)11/h4-9H,1-3H3. The third-order valence-electron chi connectivity index (χ3n) is 2.83. The van der Waals surface area contributed by atoms with Crippen LogP contribution in [-0.4, -0.2) is 18.1 Å². The van der Waals surface area contributed by atoms with Crippen molar-refractivity contribution in [2.24, 2.45) is 0 Å². The van der Waals surface area contributed by atoms with Crippen LogP contribution < -0.4 is 0 Å². The Balaban J connectivity index is 2.74. The van der Waals surface area contributed by atoms with Crippen molar-refractivity contribution in [3.05, 3.63) is 41.6 Å². The number of para-hydroxylation sites is 1. The molecule has 0 atom stereocenters. The molecule has 0 N–H and O–H groups in total. The lowest BCUT2D eigenvalue weighted by Crippen LogP contribution is -2.03. The Morgan fingerprint density at radius 3 is 2.71 bits per heavy atom. The second kappa shape index (κ2) is 4.53. The van der Waals surface area contributed by atoms with Gasteiger partial charge < -0.3 is 4.74 Å². The van der Waals surface area contributed by atoms with E-state index in [-0.39, 0.29) is 5.97 Å². The first kappa shape index (κ1) is 11.6. The number of hydrogen-bond donors (Lipinski definition) is 0. The zero-order valence-corrected chi connectivity index (χ0v) is 10.2. The summed E-state index contributed by atoms with van der Waals surface area (Å²) >= 11 is 0. The molecule has 3 heteroatoms. The monoisotopic (exact) mass is 229 g/mol. The van der Waals surface area contributed by atoms with Crippen molar-refractivity contribution in [3.8, 4) is 0 Å². The highest BCUT2D eigenvalue weighted by atomic mass is 16.5. The number of benzene rings is 1. The lowest BCUT2D eigenvalue weighted by atomic mass is 9.98. The molecule has 0 radical (unpaired) electrons. The van der Waals surface area contributed by atoms with E-state index in [0.29, 0.717) is 11.5 Å². The van der Waals surface area contributed by atoms with E-state index in [1.54, 1.807) is 12.3 Å². The van der Waals surface area contributed by atoms with Gasteiger partial charge in [-0.1, -0.05) is 32.0 Å². The first-order valence-corrected chi connectivity index (χ1v) is 5.61. The SMILES string of the molecule is COC(=O)c1ccnc2c(C(C)C)cccc12. The zero-order valence-electron chi connectivity index (χ0n) is 10.2. The second-order valence-electron chi connectivity index (χ2n) is 4.25. The number of aromatic nitrogens is 1. The molecule has 2 rings (SSSR count). The van der Waals surface area contributed by atoms with Crippen molar-refractivity contribution in [1.82, 2.24) is 4.98 Å². The third kappa shape index (κ3) is 2.00. The molecule has 0 aliphatic rings. The Kier molecular flexibility index (Phi) is 3.09. The van der Waals surface area contributed by atoms with Crippen molar-refractivity contribution >= 4 is 16.9 Å². The second-order valence-corrected chi connectivity index (χ2v) is 4.25. The van der Waals surface area contributed by atoms with E-state index in [9.17, 15) is 4.79 Å². The van der Waals surface area contributed by atoms with Gasteiger partial charge >= 0.3 is 5.97 Å². The van der Waals surface area contributed by atoms with Gasteiger partial charge in [0.2, 0.25) is 0 Å². The topological polar surface area (TPSA) is 39.2 Å². The normalized spacial score (nSPS) is 10.8. The van der Waals surface area contributed by atoms with Gasteiger partial charge in [-0.3, -0.25) is 4.98 Å². The summed E-state index contributed by atoms with van der Waals surface area (Å²) in [6, 6.07) is 7.59. The van der Waals surface area contributed by atoms with E-state index < -0.39 is 0 Å².